The Hall–Kier alpha value is -7.10. The lowest BCUT2D eigenvalue weighted by atomic mass is 9.70. The second kappa shape index (κ2) is 11.0. The van der Waals surface area contributed by atoms with E-state index in [1.807, 2.05) is 0 Å². The number of rotatable bonds is 4. The Kier molecular flexibility index (Phi) is 5.98. The van der Waals surface area contributed by atoms with Gasteiger partial charge in [0.1, 0.15) is 0 Å². The monoisotopic (exact) mass is 687 g/mol. The highest BCUT2D eigenvalue weighted by Crippen LogP contribution is 2.63. The average Bonchev–Trinajstić information content (AvgIpc) is 3.97. The molecule has 8 aromatic carbocycles. The molecule has 0 bridgehead atoms. The largest absolute Gasteiger partial charge is 0.354 e. The van der Waals surface area contributed by atoms with Crippen LogP contribution in [0.2, 0.25) is 0 Å². The summed E-state index contributed by atoms with van der Waals surface area (Å²) in [6.07, 6.45) is 2.19. The Labute approximate surface area is 313 Å². The van der Waals surface area contributed by atoms with Crippen molar-refractivity contribution in [1.29, 1.82) is 0 Å². The van der Waals surface area contributed by atoms with Crippen molar-refractivity contribution in [2.75, 3.05) is 4.90 Å². The maximum atomic E-state index is 3.60. The minimum atomic E-state index is -0.396. The van der Waals surface area contributed by atoms with E-state index in [4.69, 9.17) is 0 Å². The van der Waals surface area contributed by atoms with E-state index in [1.165, 1.54) is 77.2 Å². The molecule has 2 heterocycles. The van der Waals surface area contributed by atoms with Crippen molar-refractivity contribution in [2.24, 2.45) is 0 Å². The molecule has 0 atom stereocenters. The highest BCUT2D eigenvalue weighted by atomic mass is 15.1. The molecule has 0 radical (unpaired) electrons. The first-order valence-electron chi connectivity index (χ1n) is 18.7. The van der Waals surface area contributed by atoms with Gasteiger partial charge in [0.2, 0.25) is 0 Å². The van der Waals surface area contributed by atoms with E-state index in [9.17, 15) is 0 Å². The first-order valence-corrected chi connectivity index (χ1v) is 18.7. The van der Waals surface area contributed by atoms with Gasteiger partial charge in [-0.15, -0.1) is 0 Å². The van der Waals surface area contributed by atoms with Crippen LogP contribution in [-0.2, 0) is 5.41 Å². The van der Waals surface area contributed by atoms with E-state index in [0.717, 1.165) is 22.7 Å². The Morgan fingerprint density at radius 1 is 0.407 bits per heavy atom. The Bertz CT molecular complexity index is 3050. The maximum Gasteiger partial charge on any atom is 0.0726 e. The summed E-state index contributed by atoms with van der Waals surface area (Å²) >= 11 is 0. The molecular formula is C51H33N3. The van der Waals surface area contributed by atoms with Crippen LogP contribution >= 0.6 is 0 Å². The van der Waals surface area contributed by atoms with Crippen molar-refractivity contribution in [3.8, 4) is 27.9 Å². The number of anilines is 3. The molecule has 2 aromatic heterocycles. The molecule has 12 rings (SSSR count). The normalized spacial score (nSPS) is 13.3. The molecule has 0 saturated heterocycles. The standard InChI is InChI=1S/C51H33N3/c1-2-12-35(13-3-1)54(36-24-22-34(23-25-36)53-29-28-33-30-49-43(32-50(33)53)42-17-7-11-21-48(42)52-49)37-26-27-41-40-16-6-10-20-46(40)51(47(41)31-37)44-18-8-4-14-38(44)39-15-5-9-19-45(39)51/h1-32,52H. The number of hydrogen-bond acceptors (Lipinski definition) is 1. The highest BCUT2D eigenvalue weighted by molar-refractivity contribution is 6.11. The molecule has 54 heavy (non-hydrogen) atoms. The van der Waals surface area contributed by atoms with Gasteiger partial charge in [-0.1, -0.05) is 115 Å². The third-order valence-electron chi connectivity index (χ3n) is 12.0. The van der Waals surface area contributed by atoms with Gasteiger partial charge in [0, 0.05) is 56.1 Å². The van der Waals surface area contributed by atoms with Gasteiger partial charge >= 0.3 is 0 Å². The van der Waals surface area contributed by atoms with Crippen molar-refractivity contribution in [3.63, 3.8) is 0 Å². The van der Waals surface area contributed by atoms with Crippen LogP contribution in [0.5, 0.6) is 0 Å². The van der Waals surface area contributed by atoms with Crippen LogP contribution < -0.4 is 4.90 Å². The van der Waals surface area contributed by atoms with Gasteiger partial charge in [-0.2, -0.15) is 0 Å². The van der Waals surface area contributed by atoms with Crippen LogP contribution in [0.25, 0.3) is 60.6 Å². The van der Waals surface area contributed by atoms with E-state index >= 15 is 0 Å². The van der Waals surface area contributed by atoms with Gasteiger partial charge in [-0.3, -0.25) is 0 Å². The van der Waals surface area contributed by atoms with Gasteiger partial charge in [0.25, 0.3) is 0 Å². The first kappa shape index (κ1) is 29.5. The topological polar surface area (TPSA) is 24.0 Å². The van der Waals surface area contributed by atoms with E-state index < -0.39 is 5.41 Å². The Morgan fingerprint density at radius 3 is 1.69 bits per heavy atom. The predicted molar refractivity (Wildman–Crippen MR) is 224 cm³/mol. The lowest BCUT2D eigenvalue weighted by Crippen LogP contribution is -2.26. The smallest absolute Gasteiger partial charge is 0.0726 e. The summed E-state index contributed by atoms with van der Waals surface area (Å²) in [4.78, 5) is 6.00. The number of H-pyrrole nitrogens is 1. The van der Waals surface area contributed by atoms with Crippen molar-refractivity contribution in [2.45, 2.75) is 5.41 Å². The second-order valence-corrected chi connectivity index (χ2v) is 14.6. The molecule has 1 N–H and O–H groups in total. The van der Waals surface area contributed by atoms with Gasteiger partial charge in [0.05, 0.1) is 10.9 Å². The fourth-order valence-corrected chi connectivity index (χ4v) is 9.71. The number of nitrogens with one attached hydrogen (secondary N) is 1. The molecule has 1 spiro atoms. The van der Waals surface area contributed by atoms with Crippen LogP contribution in [0, 0.1) is 0 Å². The van der Waals surface area contributed by atoms with E-state index in [1.54, 1.807) is 0 Å². The van der Waals surface area contributed by atoms with E-state index in [-0.39, 0.29) is 0 Å². The van der Waals surface area contributed by atoms with Gasteiger partial charge < -0.3 is 14.5 Å². The molecule has 10 aromatic rings. The van der Waals surface area contributed by atoms with Crippen LogP contribution in [0.3, 0.4) is 0 Å². The zero-order valence-electron chi connectivity index (χ0n) is 29.4. The quantitative estimate of drug-likeness (QED) is 0.196. The SMILES string of the molecule is c1ccc(N(c2ccc(-n3ccc4cc5[nH]c6ccccc6c5cc43)cc2)c2ccc3c(c2)C2(c4ccccc4-c4ccccc42)c2ccccc2-3)cc1. The average molecular weight is 688 g/mol. The molecule has 0 saturated carbocycles. The number of para-hydroxylation sites is 2. The molecule has 2 aliphatic carbocycles. The molecule has 252 valence electrons. The Balaban J connectivity index is 1.02. The summed E-state index contributed by atoms with van der Waals surface area (Å²) in [6.45, 7) is 0. The lowest BCUT2D eigenvalue weighted by Gasteiger charge is -2.32. The first-order chi connectivity index (χ1) is 26.8. The van der Waals surface area contributed by atoms with Crippen molar-refractivity contribution < 1.29 is 0 Å². The molecule has 2 aliphatic rings. The van der Waals surface area contributed by atoms with Gasteiger partial charge in [0.15, 0.2) is 0 Å². The van der Waals surface area contributed by atoms with Gasteiger partial charge in [-0.05, 0) is 117 Å². The lowest BCUT2D eigenvalue weighted by molar-refractivity contribution is 0.793. The van der Waals surface area contributed by atoms with E-state index in [2.05, 4.69) is 209 Å². The summed E-state index contributed by atoms with van der Waals surface area (Å²) in [5, 5.41) is 3.71. The van der Waals surface area contributed by atoms with Crippen molar-refractivity contribution in [3.05, 3.63) is 217 Å². The van der Waals surface area contributed by atoms with Gasteiger partial charge in [-0.25, -0.2) is 0 Å². The summed E-state index contributed by atoms with van der Waals surface area (Å²) in [5.74, 6) is 0. The summed E-state index contributed by atoms with van der Waals surface area (Å²) in [6, 6.07) is 69.3. The van der Waals surface area contributed by atoms with Crippen LogP contribution in [0.4, 0.5) is 17.1 Å². The second-order valence-electron chi connectivity index (χ2n) is 14.6. The number of hydrogen-bond donors (Lipinski definition) is 1. The zero-order chi connectivity index (χ0) is 35.4. The van der Waals surface area contributed by atoms with Crippen molar-refractivity contribution >= 4 is 49.8 Å². The number of aromatic nitrogens is 2. The predicted octanol–water partition coefficient (Wildman–Crippen LogP) is 13.1. The van der Waals surface area contributed by atoms with Crippen LogP contribution in [0.1, 0.15) is 22.3 Å². The summed E-state index contributed by atoms with van der Waals surface area (Å²) in [7, 11) is 0. The van der Waals surface area contributed by atoms with Crippen molar-refractivity contribution in [1.82, 2.24) is 9.55 Å². The highest BCUT2D eigenvalue weighted by Gasteiger charge is 2.51. The minimum absolute atomic E-state index is 0.396. The third kappa shape index (κ3) is 3.90. The summed E-state index contributed by atoms with van der Waals surface area (Å²) in [5.41, 5.74) is 18.3. The summed E-state index contributed by atoms with van der Waals surface area (Å²) < 4.78 is 2.30. The minimum Gasteiger partial charge on any atom is -0.354 e. The molecule has 0 amide bonds. The van der Waals surface area contributed by atoms with Crippen LogP contribution in [-0.4, -0.2) is 9.55 Å². The fourth-order valence-electron chi connectivity index (χ4n) is 9.71. The molecular weight excluding hydrogens is 655 g/mol. The van der Waals surface area contributed by atoms with Crippen LogP contribution in [0.15, 0.2) is 194 Å². The zero-order valence-corrected chi connectivity index (χ0v) is 29.4. The molecule has 0 aliphatic heterocycles. The molecule has 0 unspecified atom stereocenters. The molecule has 3 nitrogen and oxygen atoms in total. The Morgan fingerprint density at radius 2 is 0.981 bits per heavy atom. The number of fused-ring (bicyclic) bond motifs is 14. The maximum absolute atomic E-state index is 3.60. The number of nitrogens with zero attached hydrogens (tertiary/aromatic N) is 2. The molecule has 0 fully saturated rings. The third-order valence-corrected chi connectivity index (χ3v) is 12.0. The number of aromatic amines is 1. The fraction of sp³-hybridized carbons (Fsp3) is 0.0196. The number of benzene rings is 8. The molecule has 3 heteroatoms. The van der Waals surface area contributed by atoms with E-state index in [0.29, 0.717) is 0 Å².